The van der Waals surface area contributed by atoms with E-state index in [1.54, 1.807) is 39.0 Å². The van der Waals surface area contributed by atoms with Crippen molar-refractivity contribution in [1.82, 2.24) is 5.32 Å². The van der Waals surface area contributed by atoms with Crippen LogP contribution in [0.3, 0.4) is 0 Å². The predicted octanol–water partition coefficient (Wildman–Crippen LogP) is 3.33. The van der Waals surface area contributed by atoms with Gasteiger partial charge in [0.2, 0.25) is 5.91 Å². The lowest BCUT2D eigenvalue weighted by Gasteiger charge is -2.25. The van der Waals surface area contributed by atoms with E-state index in [0.29, 0.717) is 18.4 Å². The second-order valence-corrected chi connectivity index (χ2v) is 4.62. The van der Waals surface area contributed by atoms with Crippen LogP contribution >= 0.6 is 0 Å². The molecule has 1 amide bonds. The minimum Gasteiger partial charge on any atom is -0.348 e. The number of amides is 1. The second-order valence-electron chi connectivity index (χ2n) is 4.62. The van der Waals surface area contributed by atoms with Gasteiger partial charge in [-0.1, -0.05) is 32.0 Å². The van der Waals surface area contributed by atoms with Crippen LogP contribution in [0.25, 0.3) is 0 Å². The molecule has 0 fully saturated rings. The van der Waals surface area contributed by atoms with Crippen LogP contribution in [-0.4, -0.2) is 5.91 Å². The maximum absolute atomic E-state index is 13.6. The van der Waals surface area contributed by atoms with Crippen molar-refractivity contribution in [2.45, 2.75) is 39.7 Å². The number of nitriles is 1. The third kappa shape index (κ3) is 3.11. The van der Waals surface area contributed by atoms with Crippen LogP contribution in [0.1, 0.15) is 45.2 Å². The number of halogens is 1. The first-order chi connectivity index (χ1) is 9.00. The fourth-order valence-electron chi connectivity index (χ4n) is 2.02. The largest absolute Gasteiger partial charge is 0.348 e. The van der Waals surface area contributed by atoms with Crippen LogP contribution in [0.15, 0.2) is 24.3 Å². The van der Waals surface area contributed by atoms with Gasteiger partial charge in [0.1, 0.15) is 11.2 Å². The van der Waals surface area contributed by atoms with Crippen LogP contribution in [0.4, 0.5) is 4.39 Å². The zero-order valence-corrected chi connectivity index (χ0v) is 11.5. The molecular weight excluding hydrogens is 243 g/mol. The van der Waals surface area contributed by atoms with Gasteiger partial charge in [-0.2, -0.15) is 5.26 Å². The van der Waals surface area contributed by atoms with E-state index in [-0.39, 0.29) is 11.7 Å². The van der Waals surface area contributed by atoms with Crippen LogP contribution in [-0.2, 0) is 4.79 Å². The summed E-state index contributed by atoms with van der Waals surface area (Å²) in [6, 6.07) is 7.93. The van der Waals surface area contributed by atoms with Gasteiger partial charge >= 0.3 is 0 Å². The highest BCUT2D eigenvalue weighted by molar-refractivity contribution is 5.85. The van der Waals surface area contributed by atoms with Crippen LogP contribution in [0.5, 0.6) is 0 Å². The van der Waals surface area contributed by atoms with Gasteiger partial charge in [-0.25, -0.2) is 4.39 Å². The van der Waals surface area contributed by atoms with Crippen molar-refractivity contribution in [1.29, 1.82) is 5.26 Å². The number of nitrogens with one attached hydrogen (secondary N) is 1. The number of carbonyl (C=O) groups is 1. The maximum atomic E-state index is 13.6. The Morgan fingerprint density at radius 1 is 1.42 bits per heavy atom. The second kappa shape index (κ2) is 6.33. The van der Waals surface area contributed by atoms with Crippen molar-refractivity contribution >= 4 is 5.91 Å². The van der Waals surface area contributed by atoms with E-state index >= 15 is 0 Å². The SMILES string of the molecule is CCC(C#N)(CC)C(=O)NC(C)c1ccccc1F. The number of hydrogen-bond donors (Lipinski definition) is 1. The summed E-state index contributed by atoms with van der Waals surface area (Å²) in [5.74, 6) is -0.693. The minimum atomic E-state index is -1.03. The number of carbonyl (C=O) groups excluding carboxylic acids is 1. The summed E-state index contributed by atoms with van der Waals surface area (Å²) in [5, 5.41) is 11.9. The van der Waals surface area contributed by atoms with E-state index in [0.717, 1.165) is 0 Å². The molecule has 1 unspecified atom stereocenters. The average Bonchev–Trinajstić information content (AvgIpc) is 2.41. The molecule has 1 aromatic carbocycles. The first-order valence-electron chi connectivity index (χ1n) is 6.47. The molecule has 0 aliphatic rings. The van der Waals surface area contributed by atoms with Gasteiger partial charge in [0.15, 0.2) is 0 Å². The van der Waals surface area contributed by atoms with E-state index in [2.05, 4.69) is 11.4 Å². The van der Waals surface area contributed by atoms with Crippen molar-refractivity contribution < 1.29 is 9.18 Å². The van der Waals surface area contributed by atoms with Gasteiger partial charge in [-0.15, -0.1) is 0 Å². The van der Waals surface area contributed by atoms with Crippen molar-refractivity contribution in [3.63, 3.8) is 0 Å². The Hall–Kier alpha value is -1.89. The smallest absolute Gasteiger partial charge is 0.240 e. The number of nitrogens with zero attached hydrogens (tertiary/aromatic N) is 1. The molecule has 0 spiro atoms. The van der Waals surface area contributed by atoms with Crippen LogP contribution < -0.4 is 5.32 Å². The number of benzene rings is 1. The summed E-state index contributed by atoms with van der Waals surface area (Å²) in [5.41, 5.74) is -0.602. The fraction of sp³-hybridized carbons (Fsp3) is 0.467. The molecule has 0 heterocycles. The molecule has 0 aliphatic heterocycles. The predicted molar refractivity (Wildman–Crippen MR) is 71.6 cm³/mol. The van der Waals surface area contributed by atoms with Gasteiger partial charge in [0, 0.05) is 5.56 Å². The zero-order valence-electron chi connectivity index (χ0n) is 11.5. The summed E-state index contributed by atoms with van der Waals surface area (Å²) in [6.45, 7) is 5.32. The van der Waals surface area contributed by atoms with Gasteiger partial charge in [-0.3, -0.25) is 4.79 Å². The lowest BCUT2D eigenvalue weighted by molar-refractivity contribution is -0.129. The highest BCUT2D eigenvalue weighted by atomic mass is 19.1. The van der Waals surface area contributed by atoms with Crippen LogP contribution in [0.2, 0.25) is 0 Å². The number of rotatable bonds is 5. The van der Waals surface area contributed by atoms with Gasteiger partial charge < -0.3 is 5.32 Å². The highest BCUT2D eigenvalue weighted by Gasteiger charge is 2.35. The highest BCUT2D eigenvalue weighted by Crippen LogP contribution is 2.27. The Bertz CT molecular complexity index is 489. The first kappa shape index (κ1) is 15.2. The van der Waals surface area contributed by atoms with E-state index in [9.17, 15) is 14.4 Å². The summed E-state index contributed by atoms with van der Waals surface area (Å²) in [7, 11) is 0. The Morgan fingerprint density at radius 2 is 2.00 bits per heavy atom. The molecular formula is C15H19FN2O. The molecule has 1 rings (SSSR count). The number of hydrogen-bond acceptors (Lipinski definition) is 2. The molecule has 0 bridgehead atoms. The normalized spacial score (nSPS) is 12.6. The lowest BCUT2D eigenvalue weighted by Crippen LogP contribution is -2.40. The topological polar surface area (TPSA) is 52.9 Å². The minimum absolute atomic E-state index is 0.337. The Labute approximate surface area is 113 Å². The first-order valence-corrected chi connectivity index (χ1v) is 6.47. The van der Waals surface area contributed by atoms with Gasteiger partial charge in [-0.05, 0) is 25.8 Å². The van der Waals surface area contributed by atoms with Crippen molar-refractivity contribution in [2.24, 2.45) is 5.41 Å². The molecule has 102 valence electrons. The molecule has 4 heteroatoms. The third-order valence-corrected chi connectivity index (χ3v) is 3.58. The molecule has 0 saturated heterocycles. The molecule has 0 aliphatic carbocycles. The molecule has 19 heavy (non-hydrogen) atoms. The zero-order chi connectivity index (χ0) is 14.5. The van der Waals surface area contributed by atoms with Crippen LogP contribution in [0, 0.1) is 22.6 Å². The van der Waals surface area contributed by atoms with Crippen molar-refractivity contribution in [3.05, 3.63) is 35.6 Å². The molecule has 1 atom stereocenters. The molecule has 1 aromatic rings. The quantitative estimate of drug-likeness (QED) is 0.884. The summed E-state index contributed by atoms with van der Waals surface area (Å²) >= 11 is 0. The van der Waals surface area contributed by atoms with E-state index in [4.69, 9.17) is 0 Å². The monoisotopic (exact) mass is 262 g/mol. The summed E-state index contributed by atoms with van der Waals surface area (Å²) in [4.78, 5) is 12.2. The van der Waals surface area contributed by atoms with Crippen molar-refractivity contribution in [3.8, 4) is 6.07 Å². The fourth-order valence-corrected chi connectivity index (χ4v) is 2.02. The standard InChI is InChI=1S/C15H19FN2O/c1-4-15(5-2,10-17)14(19)18-11(3)12-8-6-7-9-13(12)16/h6-9,11H,4-5H2,1-3H3,(H,18,19). The average molecular weight is 262 g/mol. The molecule has 0 saturated carbocycles. The lowest BCUT2D eigenvalue weighted by atomic mass is 9.82. The Kier molecular flexibility index (Phi) is 5.05. The Balaban J connectivity index is 2.89. The molecule has 0 radical (unpaired) electrons. The molecule has 3 nitrogen and oxygen atoms in total. The van der Waals surface area contributed by atoms with Crippen molar-refractivity contribution in [2.75, 3.05) is 0 Å². The molecule has 0 aromatic heterocycles. The Morgan fingerprint density at radius 3 is 2.47 bits per heavy atom. The van der Waals surface area contributed by atoms with E-state index in [1.165, 1.54) is 6.07 Å². The third-order valence-electron chi connectivity index (χ3n) is 3.58. The van der Waals surface area contributed by atoms with E-state index < -0.39 is 11.5 Å². The maximum Gasteiger partial charge on any atom is 0.240 e. The summed E-state index contributed by atoms with van der Waals surface area (Å²) in [6.07, 6.45) is 0.881. The van der Waals surface area contributed by atoms with E-state index in [1.807, 2.05) is 0 Å². The molecule has 1 N–H and O–H groups in total. The summed E-state index contributed by atoms with van der Waals surface area (Å²) < 4.78 is 13.6. The van der Waals surface area contributed by atoms with Gasteiger partial charge in [0.05, 0.1) is 12.1 Å². The van der Waals surface area contributed by atoms with Gasteiger partial charge in [0.25, 0.3) is 0 Å².